The van der Waals surface area contributed by atoms with Gasteiger partial charge in [-0.05, 0) is 130 Å². The van der Waals surface area contributed by atoms with E-state index in [1.807, 2.05) is 0 Å². The Balaban J connectivity index is 1.50. The van der Waals surface area contributed by atoms with Crippen LogP contribution in [0, 0.1) is 58.2 Å². The topological polar surface area (TPSA) is 35.5 Å². The molecule has 2 N–H and O–H groups in total. The minimum Gasteiger partial charge on any atom is -0.393 e. The van der Waals surface area contributed by atoms with Gasteiger partial charge in [0.05, 0.1) is 6.10 Å². The van der Waals surface area contributed by atoms with E-state index in [0.29, 0.717) is 22.8 Å². The number of rotatable bonds is 10. The molecule has 3 nitrogen and oxygen atoms in total. The maximum atomic E-state index is 10.7. The molecule has 0 bridgehead atoms. The molecule has 0 unspecified atom stereocenters. The molecule has 4 saturated carbocycles. The van der Waals surface area contributed by atoms with Crippen LogP contribution in [0.4, 0.5) is 0 Å². The van der Waals surface area contributed by atoms with Gasteiger partial charge in [0.15, 0.2) is 0 Å². The SMILES string of the molecule is CC[C@H](CC[C@@H](C)[C@H]1CC[C@H]2[C@@H]3C[C@@H](NCCN(C)C)[C@H]4C[C@@H](O)CC[C@]4(C)[C@H]3CC[C@]12C)C(C)C. The highest BCUT2D eigenvalue weighted by atomic mass is 16.3. The van der Waals surface area contributed by atoms with Gasteiger partial charge in [0.1, 0.15) is 0 Å². The van der Waals surface area contributed by atoms with Crippen LogP contribution in [0.1, 0.15) is 112 Å². The number of aliphatic hydroxyl groups is 1. The predicted molar refractivity (Wildman–Crippen MR) is 154 cm³/mol. The number of nitrogens with zero attached hydrogens (tertiary/aromatic N) is 1. The average Bonchev–Trinajstić information content (AvgIpc) is 3.17. The molecule has 4 aliphatic carbocycles. The first kappa shape index (κ1) is 28.9. The van der Waals surface area contributed by atoms with Gasteiger partial charge < -0.3 is 15.3 Å². The molecule has 0 aromatic rings. The van der Waals surface area contributed by atoms with Crippen molar-refractivity contribution < 1.29 is 5.11 Å². The second-order valence-corrected chi connectivity index (χ2v) is 15.2. The first-order valence-electron chi connectivity index (χ1n) is 16.1. The summed E-state index contributed by atoms with van der Waals surface area (Å²) in [5.74, 6) is 6.84. The van der Waals surface area contributed by atoms with Gasteiger partial charge in [-0.25, -0.2) is 0 Å². The first-order chi connectivity index (χ1) is 17.0. The second-order valence-electron chi connectivity index (χ2n) is 15.2. The summed E-state index contributed by atoms with van der Waals surface area (Å²) in [5.41, 5.74) is 0.959. The Bertz CT molecular complexity index is 708. The summed E-state index contributed by atoms with van der Waals surface area (Å²) in [6.45, 7) is 17.4. The molecule has 210 valence electrons. The van der Waals surface area contributed by atoms with Gasteiger partial charge in [-0.1, -0.05) is 54.4 Å². The van der Waals surface area contributed by atoms with E-state index in [0.717, 1.165) is 67.4 Å². The maximum Gasteiger partial charge on any atom is 0.0543 e. The van der Waals surface area contributed by atoms with E-state index in [1.54, 1.807) is 0 Å². The van der Waals surface area contributed by atoms with E-state index in [4.69, 9.17) is 0 Å². The Morgan fingerprint density at radius 3 is 2.25 bits per heavy atom. The molecule has 0 aliphatic heterocycles. The summed E-state index contributed by atoms with van der Waals surface area (Å²) < 4.78 is 0. The van der Waals surface area contributed by atoms with Crippen LogP contribution < -0.4 is 5.32 Å². The van der Waals surface area contributed by atoms with Crippen molar-refractivity contribution in [3.63, 3.8) is 0 Å². The summed E-state index contributed by atoms with van der Waals surface area (Å²) >= 11 is 0. The van der Waals surface area contributed by atoms with E-state index in [9.17, 15) is 5.11 Å². The Hall–Kier alpha value is -0.120. The van der Waals surface area contributed by atoms with Crippen molar-refractivity contribution >= 4 is 0 Å². The van der Waals surface area contributed by atoms with E-state index >= 15 is 0 Å². The van der Waals surface area contributed by atoms with Crippen molar-refractivity contribution in [2.45, 2.75) is 124 Å². The van der Waals surface area contributed by atoms with Crippen LogP contribution in [0.5, 0.6) is 0 Å². The van der Waals surface area contributed by atoms with Gasteiger partial charge in [0.2, 0.25) is 0 Å². The van der Waals surface area contributed by atoms with Crippen LogP contribution in [0.3, 0.4) is 0 Å². The fraction of sp³-hybridized carbons (Fsp3) is 1.00. The quantitative estimate of drug-likeness (QED) is 0.331. The van der Waals surface area contributed by atoms with Gasteiger partial charge in [-0.2, -0.15) is 0 Å². The molecule has 0 heterocycles. The van der Waals surface area contributed by atoms with Crippen molar-refractivity contribution in [2.24, 2.45) is 58.2 Å². The molecule has 0 saturated heterocycles. The van der Waals surface area contributed by atoms with Crippen molar-refractivity contribution in [3.05, 3.63) is 0 Å². The molecule has 0 amide bonds. The molecule has 3 heteroatoms. The summed E-state index contributed by atoms with van der Waals surface area (Å²) in [5, 5.41) is 14.7. The van der Waals surface area contributed by atoms with E-state index < -0.39 is 0 Å². The molecule has 0 aromatic heterocycles. The van der Waals surface area contributed by atoms with Crippen molar-refractivity contribution in [3.8, 4) is 0 Å². The third kappa shape index (κ3) is 5.46. The lowest BCUT2D eigenvalue weighted by Crippen LogP contribution is -2.61. The Morgan fingerprint density at radius 1 is 0.889 bits per heavy atom. The maximum absolute atomic E-state index is 10.7. The van der Waals surface area contributed by atoms with Gasteiger partial charge in [-0.15, -0.1) is 0 Å². The Labute approximate surface area is 224 Å². The van der Waals surface area contributed by atoms with Crippen LogP contribution >= 0.6 is 0 Å². The van der Waals surface area contributed by atoms with Gasteiger partial charge in [0.25, 0.3) is 0 Å². The van der Waals surface area contributed by atoms with Crippen LogP contribution in [0.15, 0.2) is 0 Å². The molecule has 4 fully saturated rings. The first-order valence-corrected chi connectivity index (χ1v) is 16.1. The number of fused-ring (bicyclic) bond motifs is 5. The molecular formula is C33H62N2O. The van der Waals surface area contributed by atoms with Crippen molar-refractivity contribution in [2.75, 3.05) is 27.2 Å². The Morgan fingerprint density at radius 2 is 1.58 bits per heavy atom. The fourth-order valence-electron chi connectivity index (χ4n) is 10.7. The van der Waals surface area contributed by atoms with Crippen molar-refractivity contribution in [1.29, 1.82) is 0 Å². The third-order valence-electron chi connectivity index (χ3n) is 12.9. The predicted octanol–water partition coefficient (Wildman–Crippen LogP) is 7.23. The lowest BCUT2D eigenvalue weighted by atomic mass is 9.43. The van der Waals surface area contributed by atoms with Gasteiger partial charge >= 0.3 is 0 Å². The zero-order chi connectivity index (χ0) is 26.3. The molecule has 0 aromatic carbocycles. The van der Waals surface area contributed by atoms with Crippen molar-refractivity contribution in [1.82, 2.24) is 10.2 Å². The summed E-state index contributed by atoms with van der Waals surface area (Å²) in [6.07, 6.45) is 14.6. The lowest BCUT2D eigenvalue weighted by Gasteiger charge is -2.63. The van der Waals surface area contributed by atoms with E-state index in [1.165, 1.54) is 57.8 Å². The van der Waals surface area contributed by atoms with Gasteiger partial charge in [0, 0.05) is 19.1 Å². The van der Waals surface area contributed by atoms with Crippen LogP contribution in [0.2, 0.25) is 0 Å². The molecule has 4 rings (SSSR count). The minimum absolute atomic E-state index is 0.0823. The van der Waals surface area contributed by atoms with Crippen LogP contribution in [-0.2, 0) is 0 Å². The van der Waals surface area contributed by atoms with E-state index in [2.05, 4.69) is 65.9 Å². The molecule has 0 radical (unpaired) electrons. The average molecular weight is 503 g/mol. The zero-order valence-corrected chi connectivity index (χ0v) is 25.4. The minimum atomic E-state index is -0.0823. The number of hydrogen-bond donors (Lipinski definition) is 2. The highest BCUT2D eigenvalue weighted by Gasteiger charge is 2.62. The normalized spacial score (nSPS) is 44.2. The summed E-state index contributed by atoms with van der Waals surface area (Å²) in [6, 6.07) is 0.585. The third-order valence-corrected chi connectivity index (χ3v) is 12.9. The molecule has 4 aliphatic rings. The van der Waals surface area contributed by atoms with E-state index in [-0.39, 0.29) is 6.10 Å². The highest BCUT2D eigenvalue weighted by molar-refractivity contribution is 5.12. The number of hydrogen-bond acceptors (Lipinski definition) is 3. The largest absolute Gasteiger partial charge is 0.393 e. The molecule has 36 heavy (non-hydrogen) atoms. The smallest absolute Gasteiger partial charge is 0.0543 e. The number of nitrogens with one attached hydrogen (secondary N) is 1. The molecule has 0 spiro atoms. The fourth-order valence-corrected chi connectivity index (χ4v) is 10.7. The summed E-state index contributed by atoms with van der Waals surface area (Å²) in [4.78, 5) is 2.30. The Kier molecular flexibility index (Phi) is 9.26. The highest BCUT2D eigenvalue weighted by Crippen LogP contribution is 2.68. The van der Waals surface area contributed by atoms with Crippen LogP contribution in [0.25, 0.3) is 0 Å². The van der Waals surface area contributed by atoms with Gasteiger partial charge in [-0.3, -0.25) is 0 Å². The number of aliphatic hydroxyl groups excluding tert-OH is 1. The number of likely N-dealkylation sites (N-methyl/N-ethyl adjacent to an activating group) is 1. The second kappa shape index (κ2) is 11.5. The van der Waals surface area contributed by atoms with Crippen LogP contribution in [-0.4, -0.2) is 49.3 Å². The molecule has 11 atom stereocenters. The molecular weight excluding hydrogens is 440 g/mol. The lowest BCUT2D eigenvalue weighted by molar-refractivity contribution is -0.141. The standard InChI is InChI=1S/C33H62N2O/c1-9-24(22(2)3)11-10-23(4)27-12-13-28-26-21-31(34-18-19-35(7)8)30-20-25(36)14-16-33(30,6)29(26)15-17-32(27,28)5/h22-31,34,36H,9-21H2,1-8H3/t23-,24-,25+,26+,27-,28+,29+,30-,31-,32-,33-/m1/s1. The zero-order valence-electron chi connectivity index (χ0n) is 25.4. The monoisotopic (exact) mass is 502 g/mol. The summed E-state index contributed by atoms with van der Waals surface area (Å²) in [7, 11) is 4.37.